The minimum Gasteiger partial charge on any atom is -0.486 e. The zero-order valence-electron chi connectivity index (χ0n) is 17.4. The van der Waals surface area contributed by atoms with Gasteiger partial charge in [-0.3, -0.25) is 9.80 Å². The van der Waals surface area contributed by atoms with Gasteiger partial charge in [-0.15, -0.1) is 0 Å². The molecule has 150 valence electrons. The lowest BCUT2D eigenvalue weighted by Crippen LogP contribution is -2.50. The van der Waals surface area contributed by atoms with Gasteiger partial charge in [0.25, 0.3) is 0 Å². The van der Waals surface area contributed by atoms with Crippen LogP contribution in [0.3, 0.4) is 0 Å². The number of aromatic nitrogens is 2. The Labute approximate surface area is 168 Å². The third kappa shape index (κ3) is 4.20. The standard InChI is InChI=1S/C23H32N4O/c1-4-22-24-13-18(14-25-22)15-27(3)20-9-11-23(12-10-20)17-26(2)16-19-7-5-6-8-21(19)28-23/h5-8,13-14,20H,4,9-12,15-17H2,1-3H3. The number of ether oxygens (including phenoxy) is 1. The highest BCUT2D eigenvalue weighted by Crippen LogP contribution is 2.39. The molecule has 0 bridgehead atoms. The van der Waals surface area contributed by atoms with Gasteiger partial charge in [0.15, 0.2) is 0 Å². The molecule has 28 heavy (non-hydrogen) atoms. The summed E-state index contributed by atoms with van der Waals surface area (Å²) < 4.78 is 6.65. The number of benzene rings is 1. The summed E-state index contributed by atoms with van der Waals surface area (Å²) in [4.78, 5) is 13.8. The summed E-state index contributed by atoms with van der Waals surface area (Å²) >= 11 is 0. The number of aryl methyl sites for hydroxylation is 1. The lowest BCUT2D eigenvalue weighted by molar-refractivity contribution is -0.0108. The summed E-state index contributed by atoms with van der Waals surface area (Å²) in [6, 6.07) is 9.11. The molecule has 0 N–H and O–H groups in total. The molecule has 1 aromatic heterocycles. The highest BCUT2D eigenvalue weighted by molar-refractivity contribution is 5.35. The molecule has 5 heteroatoms. The summed E-state index contributed by atoms with van der Waals surface area (Å²) in [5.74, 6) is 1.99. The van der Waals surface area contributed by atoms with E-state index in [1.54, 1.807) is 0 Å². The van der Waals surface area contributed by atoms with E-state index in [0.717, 1.165) is 50.5 Å². The van der Waals surface area contributed by atoms with Crippen LogP contribution < -0.4 is 4.74 Å². The summed E-state index contributed by atoms with van der Waals surface area (Å²) in [5.41, 5.74) is 2.45. The Hall–Kier alpha value is -1.98. The van der Waals surface area contributed by atoms with E-state index in [0.29, 0.717) is 6.04 Å². The molecule has 1 saturated carbocycles. The smallest absolute Gasteiger partial charge is 0.127 e. The zero-order valence-corrected chi connectivity index (χ0v) is 17.4. The number of nitrogens with zero attached hydrogens (tertiary/aromatic N) is 4. The maximum Gasteiger partial charge on any atom is 0.127 e. The highest BCUT2D eigenvalue weighted by atomic mass is 16.5. The first-order valence-electron chi connectivity index (χ1n) is 10.5. The van der Waals surface area contributed by atoms with Crippen molar-refractivity contribution in [1.82, 2.24) is 19.8 Å². The van der Waals surface area contributed by atoms with Gasteiger partial charge < -0.3 is 4.74 Å². The van der Waals surface area contributed by atoms with E-state index in [2.05, 4.69) is 65.1 Å². The molecule has 4 rings (SSSR count). The van der Waals surface area contributed by atoms with Gasteiger partial charge in [-0.2, -0.15) is 0 Å². The van der Waals surface area contributed by atoms with Crippen molar-refractivity contribution in [2.24, 2.45) is 0 Å². The van der Waals surface area contributed by atoms with E-state index < -0.39 is 0 Å². The molecule has 1 spiro atoms. The van der Waals surface area contributed by atoms with Gasteiger partial charge in [0.2, 0.25) is 0 Å². The molecular formula is C23H32N4O. The second-order valence-corrected chi connectivity index (χ2v) is 8.57. The fourth-order valence-electron chi connectivity index (χ4n) is 4.73. The monoisotopic (exact) mass is 380 g/mol. The van der Waals surface area contributed by atoms with Gasteiger partial charge in [0.05, 0.1) is 0 Å². The zero-order chi connectivity index (χ0) is 19.6. The van der Waals surface area contributed by atoms with Gasteiger partial charge in [-0.1, -0.05) is 25.1 Å². The molecule has 0 atom stereocenters. The van der Waals surface area contributed by atoms with Crippen LogP contribution in [0.15, 0.2) is 36.7 Å². The first kappa shape index (κ1) is 19.3. The van der Waals surface area contributed by atoms with Crippen molar-refractivity contribution in [3.63, 3.8) is 0 Å². The van der Waals surface area contributed by atoms with Crippen molar-refractivity contribution < 1.29 is 4.74 Å². The number of rotatable bonds is 4. The third-order valence-corrected chi connectivity index (χ3v) is 6.29. The normalized spacial score (nSPS) is 25.4. The van der Waals surface area contributed by atoms with Crippen molar-refractivity contribution >= 4 is 0 Å². The molecule has 5 nitrogen and oxygen atoms in total. The number of para-hydroxylation sites is 1. The quantitative estimate of drug-likeness (QED) is 0.809. The maximum absolute atomic E-state index is 6.65. The van der Waals surface area contributed by atoms with Gasteiger partial charge in [0.1, 0.15) is 17.2 Å². The molecule has 1 aliphatic carbocycles. The third-order valence-electron chi connectivity index (χ3n) is 6.29. The predicted molar refractivity (Wildman–Crippen MR) is 111 cm³/mol. The van der Waals surface area contributed by atoms with Crippen LogP contribution in [0.2, 0.25) is 0 Å². The molecule has 1 aliphatic heterocycles. The summed E-state index contributed by atoms with van der Waals surface area (Å²) in [6.45, 7) is 4.97. The Morgan fingerprint density at radius 3 is 2.61 bits per heavy atom. The maximum atomic E-state index is 6.65. The molecule has 2 aromatic rings. The van der Waals surface area contributed by atoms with E-state index >= 15 is 0 Å². The average Bonchev–Trinajstić information content (AvgIpc) is 2.84. The van der Waals surface area contributed by atoms with Crippen LogP contribution >= 0.6 is 0 Å². The molecule has 0 unspecified atom stereocenters. The summed E-state index contributed by atoms with van der Waals surface area (Å²) in [7, 11) is 4.44. The van der Waals surface area contributed by atoms with E-state index in [4.69, 9.17) is 4.74 Å². The summed E-state index contributed by atoms with van der Waals surface area (Å²) in [5, 5.41) is 0. The lowest BCUT2D eigenvalue weighted by atomic mass is 9.81. The van der Waals surface area contributed by atoms with Crippen molar-refractivity contribution in [3.8, 4) is 5.75 Å². The second-order valence-electron chi connectivity index (χ2n) is 8.57. The topological polar surface area (TPSA) is 41.5 Å². The first-order valence-corrected chi connectivity index (χ1v) is 10.5. The first-order chi connectivity index (χ1) is 13.6. The Balaban J connectivity index is 1.39. The molecule has 1 aromatic carbocycles. The van der Waals surface area contributed by atoms with Gasteiger partial charge in [0, 0.05) is 55.6 Å². The molecule has 0 amide bonds. The molecular weight excluding hydrogens is 348 g/mol. The molecule has 1 fully saturated rings. The minimum atomic E-state index is -0.0510. The van der Waals surface area contributed by atoms with Gasteiger partial charge in [-0.05, 0) is 45.8 Å². The molecule has 2 aliphatic rings. The van der Waals surface area contributed by atoms with Crippen LogP contribution in [-0.4, -0.2) is 52.1 Å². The van der Waals surface area contributed by atoms with Crippen LogP contribution in [0.1, 0.15) is 49.6 Å². The fraction of sp³-hybridized carbons (Fsp3) is 0.565. The molecule has 2 heterocycles. The average molecular weight is 381 g/mol. The Bertz CT molecular complexity index is 783. The Morgan fingerprint density at radius 1 is 1.18 bits per heavy atom. The van der Waals surface area contributed by atoms with Gasteiger partial charge >= 0.3 is 0 Å². The van der Waals surface area contributed by atoms with Crippen molar-refractivity contribution in [2.45, 2.75) is 63.8 Å². The van der Waals surface area contributed by atoms with Crippen LogP contribution in [0.25, 0.3) is 0 Å². The van der Waals surface area contributed by atoms with E-state index in [1.165, 1.54) is 24.0 Å². The molecule has 0 radical (unpaired) electrons. The Kier molecular flexibility index (Phi) is 5.65. The van der Waals surface area contributed by atoms with Crippen LogP contribution in [0.5, 0.6) is 5.75 Å². The fourth-order valence-corrected chi connectivity index (χ4v) is 4.73. The minimum absolute atomic E-state index is 0.0510. The van der Waals surface area contributed by atoms with E-state index in [9.17, 15) is 0 Å². The number of hydrogen-bond acceptors (Lipinski definition) is 5. The second kappa shape index (κ2) is 8.18. The highest BCUT2D eigenvalue weighted by Gasteiger charge is 2.41. The lowest BCUT2D eigenvalue weighted by Gasteiger charge is -2.43. The van der Waals surface area contributed by atoms with Crippen LogP contribution in [-0.2, 0) is 19.5 Å². The predicted octanol–water partition coefficient (Wildman–Crippen LogP) is 3.68. The summed E-state index contributed by atoms with van der Waals surface area (Å²) in [6.07, 6.45) is 9.39. The van der Waals surface area contributed by atoms with Gasteiger partial charge in [-0.25, -0.2) is 9.97 Å². The van der Waals surface area contributed by atoms with Crippen LogP contribution in [0.4, 0.5) is 0 Å². The SMILES string of the molecule is CCc1ncc(CN(C)C2CCC3(CC2)CN(C)Cc2ccccc2O3)cn1. The molecule has 0 saturated heterocycles. The van der Waals surface area contributed by atoms with E-state index in [1.807, 2.05) is 12.4 Å². The number of likely N-dealkylation sites (N-methyl/N-ethyl adjacent to an activating group) is 1. The number of hydrogen-bond donors (Lipinski definition) is 0. The Morgan fingerprint density at radius 2 is 1.89 bits per heavy atom. The number of fused-ring (bicyclic) bond motifs is 1. The van der Waals surface area contributed by atoms with Crippen molar-refractivity contribution in [3.05, 3.63) is 53.6 Å². The van der Waals surface area contributed by atoms with Crippen molar-refractivity contribution in [1.29, 1.82) is 0 Å². The van der Waals surface area contributed by atoms with Crippen LogP contribution in [0, 0.1) is 0 Å². The van der Waals surface area contributed by atoms with E-state index in [-0.39, 0.29) is 5.60 Å². The van der Waals surface area contributed by atoms with Crippen molar-refractivity contribution in [2.75, 3.05) is 20.6 Å². The largest absolute Gasteiger partial charge is 0.486 e.